The van der Waals surface area contributed by atoms with Crippen LogP contribution in [-0.4, -0.2) is 18.8 Å². The third kappa shape index (κ3) is 1.31. The fraction of sp³-hybridized carbons (Fsp3) is 0.727. The highest BCUT2D eigenvalue weighted by Gasteiger charge is 2.64. The molecule has 0 aromatic carbocycles. The van der Waals surface area contributed by atoms with Crippen LogP contribution in [0.15, 0.2) is 11.0 Å². The first-order chi connectivity index (χ1) is 7.09. The van der Waals surface area contributed by atoms with Crippen molar-refractivity contribution in [2.24, 2.45) is 16.7 Å². The molecule has 2 fully saturated rings. The number of ketones is 1. The number of rotatable bonds is 1. The number of hydrogen-bond donors (Lipinski definition) is 1. The van der Waals surface area contributed by atoms with Gasteiger partial charge in [0.05, 0.1) is 5.41 Å². The normalized spacial score (nSPS) is 39.6. The maximum Gasteiger partial charge on any atom is 0.288 e. The molecule has 0 radical (unpaired) electrons. The SMILES string of the molecule is CC12CCC(C(=CS(=O)(=O)O)C1=O)C2(C)C. The number of allylic oxidation sites excluding steroid dienone is 1. The molecule has 4 nitrogen and oxygen atoms in total. The van der Waals surface area contributed by atoms with E-state index in [1.807, 2.05) is 20.8 Å². The molecule has 0 spiro atoms. The maximum absolute atomic E-state index is 12.1. The van der Waals surface area contributed by atoms with Crippen molar-refractivity contribution < 1.29 is 17.8 Å². The smallest absolute Gasteiger partial charge is 0.288 e. The van der Waals surface area contributed by atoms with Crippen molar-refractivity contribution in [1.29, 1.82) is 0 Å². The molecule has 2 aliphatic carbocycles. The molecule has 0 aromatic rings. The highest BCUT2D eigenvalue weighted by molar-refractivity contribution is 7.88. The lowest BCUT2D eigenvalue weighted by molar-refractivity contribution is -0.125. The van der Waals surface area contributed by atoms with Gasteiger partial charge in [0.15, 0.2) is 5.78 Å². The van der Waals surface area contributed by atoms with E-state index in [9.17, 15) is 13.2 Å². The summed E-state index contributed by atoms with van der Waals surface area (Å²) in [6, 6.07) is 0. The van der Waals surface area contributed by atoms with Crippen LogP contribution in [0.3, 0.4) is 0 Å². The van der Waals surface area contributed by atoms with E-state index in [-0.39, 0.29) is 22.7 Å². The summed E-state index contributed by atoms with van der Waals surface area (Å²) in [6.45, 7) is 5.88. The van der Waals surface area contributed by atoms with Crippen LogP contribution in [-0.2, 0) is 14.9 Å². The molecule has 90 valence electrons. The Labute approximate surface area is 95.5 Å². The molecule has 2 rings (SSSR count). The number of Topliss-reactive ketones (excluding diaryl/α,β-unsaturated/α-hetero) is 1. The Bertz CT molecular complexity index is 486. The van der Waals surface area contributed by atoms with Gasteiger partial charge in [0, 0.05) is 11.0 Å². The minimum atomic E-state index is -4.22. The fourth-order valence-electron chi connectivity index (χ4n) is 3.22. The zero-order valence-corrected chi connectivity index (χ0v) is 10.5. The Morgan fingerprint density at radius 2 is 1.94 bits per heavy atom. The van der Waals surface area contributed by atoms with Gasteiger partial charge in [0.25, 0.3) is 10.1 Å². The molecule has 2 unspecified atom stereocenters. The van der Waals surface area contributed by atoms with Gasteiger partial charge in [-0.1, -0.05) is 20.8 Å². The lowest BCUT2D eigenvalue weighted by Crippen LogP contribution is -2.32. The highest BCUT2D eigenvalue weighted by Crippen LogP contribution is 2.65. The summed E-state index contributed by atoms with van der Waals surface area (Å²) in [5.41, 5.74) is -0.421. The molecule has 2 saturated carbocycles. The summed E-state index contributed by atoms with van der Waals surface area (Å²) >= 11 is 0. The van der Waals surface area contributed by atoms with Gasteiger partial charge in [-0.2, -0.15) is 8.42 Å². The standard InChI is InChI=1S/C11H16O4S/c1-10(2)8-4-5-11(10,3)9(12)7(8)6-16(13,14)15/h6,8H,4-5H2,1-3H3,(H,13,14,15). The van der Waals surface area contributed by atoms with Crippen molar-refractivity contribution in [3.05, 3.63) is 11.0 Å². The van der Waals surface area contributed by atoms with E-state index in [2.05, 4.69) is 0 Å². The van der Waals surface area contributed by atoms with Crippen molar-refractivity contribution in [2.75, 3.05) is 0 Å². The molecule has 2 atom stereocenters. The lowest BCUT2D eigenvalue weighted by Gasteiger charge is -2.31. The zero-order valence-electron chi connectivity index (χ0n) is 9.65. The van der Waals surface area contributed by atoms with Crippen LogP contribution < -0.4 is 0 Å². The van der Waals surface area contributed by atoms with Gasteiger partial charge in [-0.05, 0) is 24.2 Å². The molecule has 1 N–H and O–H groups in total. The molecule has 0 saturated heterocycles. The molecule has 0 aliphatic heterocycles. The number of hydrogen-bond acceptors (Lipinski definition) is 3. The minimum absolute atomic E-state index is 0.0491. The van der Waals surface area contributed by atoms with E-state index in [1.165, 1.54) is 0 Å². The summed E-state index contributed by atoms with van der Waals surface area (Å²) in [5, 5.41) is 0.742. The van der Waals surface area contributed by atoms with Crippen LogP contribution in [0.1, 0.15) is 33.6 Å². The molecule has 0 amide bonds. The summed E-state index contributed by atoms with van der Waals surface area (Å²) in [4.78, 5) is 12.1. The van der Waals surface area contributed by atoms with Gasteiger partial charge in [-0.3, -0.25) is 9.35 Å². The van der Waals surface area contributed by atoms with E-state index < -0.39 is 15.5 Å². The Morgan fingerprint density at radius 1 is 1.38 bits per heavy atom. The van der Waals surface area contributed by atoms with Gasteiger partial charge < -0.3 is 0 Å². The second kappa shape index (κ2) is 2.96. The lowest BCUT2D eigenvalue weighted by atomic mass is 9.70. The first-order valence-corrected chi connectivity index (χ1v) is 6.84. The van der Waals surface area contributed by atoms with Crippen molar-refractivity contribution >= 4 is 15.9 Å². The summed E-state index contributed by atoms with van der Waals surface area (Å²) in [5.74, 6) is -0.168. The van der Waals surface area contributed by atoms with E-state index >= 15 is 0 Å². The average Bonchev–Trinajstić information content (AvgIpc) is 2.38. The van der Waals surface area contributed by atoms with Gasteiger partial charge in [0.1, 0.15) is 0 Å². The third-order valence-corrected chi connectivity index (χ3v) is 5.19. The molecule has 2 bridgehead atoms. The predicted octanol–water partition coefficient (Wildman–Crippen LogP) is 1.78. The quantitative estimate of drug-likeness (QED) is 0.564. The first-order valence-electron chi connectivity index (χ1n) is 5.33. The Hall–Kier alpha value is -0.680. The van der Waals surface area contributed by atoms with Gasteiger partial charge in [-0.25, -0.2) is 0 Å². The topological polar surface area (TPSA) is 71.4 Å². The summed E-state index contributed by atoms with van der Waals surface area (Å²) < 4.78 is 30.5. The minimum Gasteiger partial charge on any atom is -0.294 e. The summed E-state index contributed by atoms with van der Waals surface area (Å²) in [7, 11) is -4.22. The van der Waals surface area contributed by atoms with Crippen LogP contribution >= 0.6 is 0 Å². The Morgan fingerprint density at radius 3 is 2.31 bits per heavy atom. The van der Waals surface area contributed by atoms with E-state index in [0.717, 1.165) is 18.2 Å². The summed E-state index contributed by atoms with van der Waals surface area (Å²) in [6.07, 6.45) is 1.61. The fourth-order valence-corrected chi connectivity index (χ4v) is 3.82. The predicted molar refractivity (Wildman–Crippen MR) is 59.3 cm³/mol. The van der Waals surface area contributed by atoms with Crippen molar-refractivity contribution in [1.82, 2.24) is 0 Å². The second-order valence-corrected chi connectivity index (χ2v) is 6.83. The first kappa shape index (κ1) is 11.8. The molecule has 16 heavy (non-hydrogen) atoms. The highest BCUT2D eigenvalue weighted by atomic mass is 32.2. The Kier molecular flexibility index (Phi) is 2.18. The largest absolute Gasteiger partial charge is 0.294 e. The molecule has 0 aromatic heterocycles. The van der Waals surface area contributed by atoms with E-state index in [1.54, 1.807) is 0 Å². The Balaban J connectivity index is 2.57. The van der Waals surface area contributed by atoms with Gasteiger partial charge in [-0.15, -0.1) is 0 Å². The monoisotopic (exact) mass is 244 g/mol. The molecule has 2 aliphatic rings. The maximum atomic E-state index is 12.1. The van der Waals surface area contributed by atoms with E-state index in [0.29, 0.717) is 0 Å². The molecular formula is C11H16O4S. The zero-order chi connectivity index (χ0) is 12.4. The third-order valence-electron chi connectivity index (χ3n) is 4.64. The van der Waals surface area contributed by atoms with Gasteiger partial charge >= 0.3 is 0 Å². The number of fused-ring (bicyclic) bond motifs is 2. The van der Waals surface area contributed by atoms with Crippen LogP contribution in [0.25, 0.3) is 0 Å². The van der Waals surface area contributed by atoms with Crippen molar-refractivity contribution in [3.63, 3.8) is 0 Å². The molecule has 5 heteroatoms. The average molecular weight is 244 g/mol. The van der Waals surface area contributed by atoms with Crippen LogP contribution in [0.5, 0.6) is 0 Å². The number of carbonyl (C=O) groups is 1. The second-order valence-electron chi connectivity index (χ2n) is 5.56. The van der Waals surface area contributed by atoms with Crippen LogP contribution in [0.4, 0.5) is 0 Å². The molecule has 0 heterocycles. The van der Waals surface area contributed by atoms with Crippen LogP contribution in [0, 0.1) is 16.7 Å². The number of carbonyl (C=O) groups excluding carboxylic acids is 1. The van der Waals surface area contributed by atoms with Crippen molar-refractivity contribution in [3.8, 4) is 0 Å². The van der Waals surface area contributed by atoms with Crippen molar-refractivity contribution in [2.45, 2.75) is 33.6 Å². The molecular weight excluding hydrogens is 228 g/mol. The van der Waals surface area contributed by atoms with Crippen LogP contribution in [0.2, 0.25) is 0 Å². The van der Waals surface area contributed by atoms with E-state index in [4.69, 9.17) is 4.55 Å². The van der Waals surface area contributed by atoms with Gasteiger partial charge in [0.2, 0.25) is 0 Å².